The van der Waals surface area contributed by atoms with Crippen molar-refractivity contribution in [2.45, 2.75) is 6.54 Å². The van der Waals surface area contributed by atoms with Crippen LogP contribution in [0.3, 0.4) is 0 Å². The van der Waals surface area contributed by atoms with E-state index in [-0.39, 0.29) is 0 Å². The summed E-state index contributed by atoms with van der Waals surface area (Å²) in [5, 5.41) is 4.77. The van der Waals surface area contributed by atoms with E-state index >= 15 is 0 Å². The lowest BCUT2D eigenvalue weighted by atomic mass is 10.1. The standard InChI is InChI=1S/C21H21N5O3S/c1-2-4-17(5-3-1)19-14-20(25-10-12-27-13-11-25)24-21(23-19)22-18-8-6-16(7-9-18)15-26-28-30-29-26/h1-9,14H,10-13,15H2,(H,22,23,24). The van der Waals surface area contributed by atoms with Crippen LogP contribution in [0.4, 0.5) is 17.5 Å². The molecule has 30 heavy (non-hydrogen) atoms. The van der Waals surface area contributed by atoms with Crippen molar-refractivity contribution < 1.29 is 13.3 Å². The van der Waals surface area contributed by atoms with E-state index in [9.17, 15) is 0 Å². The molecule has 2 aliphatic rings. The third-order valence-electron chi connectivity index (χ3n) is 4.87. The molecule has 0 saturated carbocycles. The number of hydrogen-bond acceptors (Lipinski definition) is 9. The van der Waals surface area contributed by atoms with Crippen molar-refractivity contribution in [3.63, 3.8) is 0 Å². The van der Waals surface area contributed by atoms with Crippen molar-refractivity contribution in [3.8, 4) is 11.3 Å². The highest BCUT2D eigenvalue weighted by atomic mass is 32.2. The second-order valence-electron chi connectivity index (χ2n) is 6.93. The molecule has 0 bridgehead atoms. The van der Waals surface area contributed by atoms with Crippen LogP contribution in [-0.4, -0.2) is 41.5 Å². The van der Waals surface area contributed by atoms with E-state index in [1.54, 1.807) is 0 Å². The Morgan fingerprint density at radius 3 is 2.40 bits per heavy atom. The molecule has 1 N–H and O–H groups in total. The van der Waals surface area contributed by atoms with Gasteiger partial charge in [-0.25, -0.2) is 4.98 Å². The minimum Gasteiger partial charge on any atom is -0.378 e. The summed E-state index contributed by atoms with van der Waals surface area (Å²) in [5.41, 5.74) is 3.93. The van der Waals surface area contributed by atoms with Crippen molar-refractivity contribution in [2.24, 2.45) is 0 Å². The highest BCUT2D eigenvalue weighted by Crippen LogP contribution is 2.27. The summed E-state index contributed by atoms with van der Waals surface area (Å²) < 4.78 is 15.6. The van der Waals surface area contributed by atoms with Crippen molar-refractivity contribution in [3.05, 3.63) is 66.2 Å². The summed E-state index contributed by atoms with van der Waals surface area (Å²) in [4.78, 5) is 11.8. The number of morpholine rings is 1. The van der Waals surface area contributed by atoms with Gasteiger partial charge in [-0.05, 0) is 22.9 Å². The molecule has 3 heterocycles. The normalized spacial score (nSPS) is 16.9. The number of aromatic nitrogens is 2. The van der Waals surface area contributed by atoms with Gasteiger partial charge < -0.3 is 15.0 Å². The third-order valence-corrected chi connectivity index (χ3v) is 5.32. The molecule has 2 aliphatic heterocycles. The van der Waals surface area contributed by atoms with E-state index in [1.807, 2.05) is 48.5 Å². The Kier molecular flexibility index (Phi) is 5.78. The van der Waals surface area contributed by atoms with Gasteiger partial charge in [-0.2, -0.15) is 13.6 Å². The van der Waals surface area contributed by atoms with Crippen LogP contribution in [0.5, 0.6) is 0 Å². The summed E-state index contributed by atoms with van der Waals surface area (Å²) >= 11 is 0.967. The highest BCUT2D eigenvalue weighted by molar-refractivity contribution is 7.90. The molecule has 1 aromatic heterocycles. The van der Waals surface area contributed by atoms with Crippen molar-refractivity contribution in [1.29, 1.82) is 0 Å². The van der Waals surface area contributed by atoms with Crippen molar-refractivity contribution >= 4 is 29.8 Å². The molecule has 0 unspecified atom stereocenters. The van der Waals surface area contributed by atoms with Crippen LogP contribution in [0, 0.1) is 0 Å². The molecule has 2 saturated heterocycles. The fourth-order valence-electron chi connectivity index (χ4n) is 3.30. The van der Waals surface area contributed by atoms with Gasteiger partial charge in [0.15, 0.2) is 0 Å². The summed E-state index contributed by atoms with van der Waals surface area (Å²) in [6, 6.07) is 20.2. The van der Waals surface area contributed by atoms with Gasteiger partial charge in [0.05, 0.1) is 25.5 Å². The van der Waals surface area contributed by atoms with Gasteiger partial charge in [0.2, 0.25) is 18.3 Å². The molecule has 9 heteroatoms. The lowest BCUT2D eigenvalue weighted by molar-refractivity contribution is -0.309. The lowest BCUT2D eigenvalue weighted by Crippen LogP contribution is -2.36. The molecule has 0 radical (unpaired) electrons. The van der Waals surface area contributed by atoms with E-state index in [1.165, 1.54) is 5.23 Å². The van der Waals surface area contributed by atoms with Crippen LogP contribution in [0.1, 0.15) is 5.56 Å². The fraction of sp³-hybridized carbons (Fsp3) is 0.238. The summed E-state index contributed by atoms with van der Waals surface area (Å²) in [7, 11) is 0. The summed E-state index contributed by atoms with van der Waals surface area (Å²) in [6.07, 6.45) is 0. The van der Waals surface area contributed by atoms with Crippen LogP contribution < -0.4 is 10.2 Å². The van der Waals surface area contributed by atoms with Gasteiger partial charge in [-0.3, -0.25) is 0 Å². The predicted octanol–water partition coefficient (Wildman–Crippen LogP) is 3.97. The van der Waals surface area contributed by atoms with Crippen molar-refractivity contribution in [1.82, 2.24) is 15.2 Å². The molecule has 154 valence electrons. The van der Waals surface area contributed by atoms with Crippen molar-refractivity contribution in [2.75, 3.05) is 36.5 Å². The maximum atomic E-state index is 5.49. The molecule has 8 nitrogen and oxygen atoms in total. The Morgan fingerprint density at radius 1 is 0.933 bits per heavy atom. The van der Waals surface area contributed by atoms with Gasteiger partial charge in [-0.1, -0.05) is 42.5 Å². The van der Waals surface area contributed by atoms with Gasteiger partial charge in [-0.15, -0.1) is 0 Å². The number of rotatable bonds is 6. The van der Waals surface area contributed by atoms with Crippen LogP contribution in [0.15, 0.2) is 60.7 Å². The molecule has 5 rings (SSSR count). The number of anilines is 3. The number of benzene rings is 2. The molecule has 2 fully saturated rings. The minimum absolute atomic E-state index is 0.564. The first-order valence-electron chi connectivity index (χ1n) is 9.76. The molecule has 0 aliphatic carbocycles. The van der Waals surface area contributed by atoms with Crippen LogP contribution >= 0.6 is 12.3 Å². The number of hydrogen-bond donors (Lipinski definition) is 1. The van der Waals surface area contributed by atoms with Gasteiger partial charge in [0.1, 0.15) is 5.82 Å². The van der Waals surface area contributed by atoms with E-state index < -0.39 is 0 Å². The van der Waals surface area contributed by atoms with Crippen LogP contribution in [0.25, 0.3) is 11.3 Å². The summed E-state index contributed by atoms with van der Waals surface area (Å²) in [5.74, 6) is 1.47. The molecular formula is C21H21N5O3S. The molecule has 2 aromatic carbocycles. The summed E-state index contributed by atoms with van der Waals surface area (Å²) in [6.45, 7) is 3.61. The van der Waals surface area contributed by atoms with Gasteiger partial charge in [0, 0.05) is 30.4 Å². The second-order valence-corrected chi connectivity index (χ2v) is 7.36. The third kappa shape index (κ3) is 4.55. The lowest BCUT2D eigenvalue weighted by Gasteiger charge is -2.28. The number of nitrogens with zero attached hydrogens (tertiary/aromatic N) is 4. The second kappa shape index (κ2) is 8.99. The fourth-order valence-corrected chi connectivity index (χ4v) is 3.55. The van der Waals surface area contributed by atoms with E-state index in [4.69, 9.17) is 23.3 Å². The Morgan fingerprint density at radius 2 is 1.70 bits per heavy atom. The Balaban J connectivity index is 1.40. The largest absolute Gasteiger partial charge is 0.378 e. The Hall–Kier alpha value is -2.69. The molecule has 0 amide bonds. The Labute approximate surface area is 179 Å². The topological polar surface area (TPSA) is 72.0 Å². The maximum absolute atomic E-state index is 5.49. The average Bonchev–Trinajstić information content (AvgIpc) is 2.78. The smallest absolute Gasteiger partial charge is 0.229 e. The highest BCUT2D eigenvalue weighted by Gasteiger charge is 2.19. The predicted molar refractivity (Wildman–Crippen MR) is 116 cm³/mol. The molecule has 3 aromatic rings. The molecule has 0 spiro atoms. The Bertz CT molecular complexity index is 980. The number of hydroxylamine groups is 2. The number of ether oxygens (including phenoxy) is 1. The van der Waals surface area contributed by atoms with Crippen LogP contribution in [0.2, 0.25) is 0 Å². The molecule has 0 atom stereocenters. The van der Waals surface area contributed by atoms with Crippen LogP contribution in [-0.2, 0) is 19.8 Å². The van der Waals surface area contributed by atoms with Gasteiger partial charge in [0.25, 0.3) is 0 Å². The van der Waals surface area contributed by atoms with E-state index in [0.717, 1.165) is 53.7 Å². The van der Waals surface area contributed by atoms with Gasteiger partial charge >= 0.3 is 0 Å². The van der Waals surface area contributed by atoms with E-state index in [2.05, 4.69) is 22.3 Å². The number of nitrogens with one attached hydrogen (secondary N) is 1. The zero-order valence-corrected chi connectivity index (χ0v) is 17.0. The quantitative estimate of drug-likeness (QED) is 0.593. The minimum atomic E-state index is 0.564. The first kappa shape index (κ1) is 19.3. The first-order chi connectivity index (χ1) is 14.8. The van der Waals surface area contributed by atoms with E-state index in [0.29, 0.717) is 25.7 Å². The monoisotopic (exact) mass is 423 g/mol. The maximum Gasteiger partial charge on any atom is 0.229 e. The SMILES string of the molecule is c1ccc(-c2cc(N3CCOCC3)nc(Nc3ccc(CN4OSO4)cc3)n2)cc1. The zero-order valence-electron chi connectivity index (χ0n) is 16.2. The first-order valence-corrected chi connectivity index (χ1v) is 10.4. The average molecular weight is 423 g/mol. The zero-order chi connectivity index (χ0) is 20.2. The molecular weight excluding hydrogens is 402 g/mol.